The Morgan fingerprint density at radius 2 is 1.57 bits per heavy atom. The molecule has 238 valence electrons. The minimum atomic E-state index is -1.96. The fourth-order valence-electron chi connectivity index (χ4n) is 4.92. The van der Waals surface area contributed by atoms with Gasteiger partial charge in [-0.25, -0.2) is 19.2 Å². The van der Waals surface area contributed by atoms with Gasteiger partial charge in [0.2, 0.25) is 0 Å². The van der Waals surface area contributed by atoms with E-state index in [1.165, 1.54) is 31.2 Å². The third-order valence-electron chi connectivity index (χ3n) is 6.94. The van der Waals surface area contributed by atoms with E-state index in [-0.39, 0.29) is 16.9 Å². The lowest BCUT2D eigenvalue weighted by Gasteiger charge is -2.41. The Morgan fingerprint density at radius 1 is 0.932 bits per heavy atom. The largest absolute Gasteiger partial charge is 0.481 e. The molecule has 14 nitrogen and oxygen atoms in total. The highest BCUT2D eigenvalue weighted by Gasteiger charge is 2.54. The number of allylic oxidation sites excluding steroid dienone is 2. The lowest BCUT2D eigenvalue weighted by atomic mass is 9.91. The molecule has 2 aliphatic heterocycles. The van der Waals surface area contributed by atoms with Crippen LogP contribution in [0.3, 0.4) is 0 Å². The van der Waals surface area contributed by atoms with Gasteiger partial charge in [0.15, 0.2) is 30.2 Å². The second-order valence-electron chi connectivity index (χ2n) is 11.3. The minimum Gasteiger partial charge on any atom is -0.481 e. The van der Waals surface area contributed by atoms with Crippen LogP contribution in [0.2, 0.25) is 0 Å². The van der Waals surface area contributed by atoms with Crippen molar-refractivity contribution in [1.29, 1.82) is 0 Å². The van der Waals surface area contributed by atoms with E-state index in [1.807, 2.05) is 0 Å². The first-order valence-corrected chi connectivity index (χ1v) is 13.6. The van der Waals surface area contributed by atoms with E-state index in [2.05, 4.69) is 0 Å². The molecule has 0 saturated carbocycles. The summed E-state index contributed by atoms with van der Waals surface area (Å²) in [4.78, 5) is 49.7. The maximum Gasteiger partial charge on any atom is 0.336 e. The van der Waals surface area contributed by atoms with Crippen LogP contribution in [0.5, 0.6) is 5.75 Å². The number of aliphatic hydroxyl groups is 3. The molecular formula is C30H34O14. The number of carbonyl (C=O) groups excluding carboxylic acids is 2. The van der Waals surface area contributed by atoms with Gasteiger partial charge >= 0.3 is 23.5 Å². The zero-order valence-corrected chi connectivity index (χ0v) is 24.6. The molecule has 14 heteroatoms. The number of aliphatic carboxylic acids is 1. The predicted molar refractivity (Wildman–Crippen MR) is 149 cm³/mol. The fourth-order valence-corrected chi connectivity index (χ4v) is 4.92. The molecule has 4 N–H and O–H groups in total. The number of benzene rings is 1. The highest BCUT2D eigenvalue weighted by atomic mass is 16.7. The molecule has 1 saturated heterocycles. The Balaban J connectivity index is 1.78. The number of aliphatic hydroxyl groups excluding tert-OH is 3. The molecule has 2 aliphatic rings. The third kappa shape index (κ3) is 6.84. The van der Waals surface area contributed by atoms with Crippen molar-refractivity contribution in [1.82, 2.24) is 0 Å². The van der Waals surface area contributed by atoms with Crippen LogP contribution >= 0.6 is 0 Å². The lowest BCUT2D eigenvalue weighted by Crippen LogP contribution is -2.61. The van der Waals surface area contributed by atoms with Gasteiger partial charge in [-0.05, 0) is 52.8 Å². The normalized spacial score (nSPS) is 27.3. The number of hydrogen-bond acceptors (Lipinski definition) is 13. The van der Waals surface area contributed by atoms with Crippen LogP contribution in [0.25, 0.3) is 11.0 Å². The summed E-state index contributed by atoms with van der Waals surface area (Å²) in [5, 5.41) is 40.7. The molecular weight excluding hydrogens is 584 g/mol. The highest BCUT2D eigenvalue weighted by Crippen LogP contribution is 2.47. The Kier molecular flexibility index (Phi) is 9.61. The summed E-state index contributed by atoms with van der Waals surface area (Å²) in [5.74, 6) is -3.10. The molecule has 8 atom stereocenters. The van der Waals surface area contributed by atoms with Gasteiger partial charge in [-0.2, -0.15) is 0 Å². The van der Waals surface area contributed by atoms with E-state index in [9.17, 15) is 39.6 Å². The first-order valence-electron chi connectivity index (χ1n) is 13.6. The summed E-state index contributed by atoms with van der Waals surface area (Å²) in [7, 11) is 0. The van der Waals surface area contributed by atoms with E-state index >= 15 is 0 Å². The molecule has 0 aliphatic carbocycles. The molecule has 1 aromatic heterocycles. The van der Waals surface area contributed by atoms with Crippen LogP contribution in [0, 0.1) is 0 Å². The van der Waals surface area contributed by atoms with Crippen LogP contribution in [-0.4, -0.2) is 87.4 Å². The molecule has 0 radical (unpaired) electrons. The summed E-state index contributed by atoms with van der Waals surface area (Å²) < 4.78 is 34.2. The molecule has 1 aromatic carbocycles. The van der Waals surface area contributed by atoms with Crippen molar-refractivity contribution in [3.05, 3.63) is 63.5 Å². The number of fused-ring (bicyclic) bond motifs is 3. The SMILES string of the molecule is CC(C)=CC(=O)OC1c2c(ccc3ccc(=O)oc23)OC1C(C)(COC1OC(C(=O)O)C(O)C(O)C1O)OC(=O)C=C(C)C. The Morgan fingerprint density at radius 3 is 2.20 bits per heavy atom. The number of ether oxygens (including phenoxy) is 5. The zero-order valence-electron chi connectivity index (χ0n) is 24.6. The maximum atomic E-state index is 13.0. The predicted octanol–water partition coefficient (Wildman–Crippen LogP) is 1.28. The van der Waals surface area contributed by atoms with Crippen molar-refractivity contribution in [2.24, 2.45) is 0 Å². The Bertz CT molecular complexity index is 1550. The lowest BCUT2D eigenvalue weighted by molar-refractivity contribution is -0.305. The van der Waals surface area contributed by atoms with Gasteiger partial charge in [-0.15, -0.1) is 0 Å². The van der Waals surface area contributed by atoms with Crippen molar-refractivity contribution < 1.29 is 62.9 Å². The summed E-state index contributed by atoms with van der Waals surface area (Å²) in [6, 6.07) is 5.90. The van der Waals surface area contributed by atoms with Crippen molar-refractivity contribution in [2.45, 2.75) is 83.1 Å². The molecule has 8 unspecified atom stereocenters. The number of rotatable bonds is 9. The zero-order chi connectivity index (χ0) is 32.5. The number of carbonyl (C=O) groups is 3. The van der Waals surface area contributed by atoms with Crippen LogP contribution in [0.15, 0.2) is 56.8 Å². The molecule has 1 fully saturated rings. The second kappa shape index (κ2) is 12.9. The molecule has 2 aromatic rings. The van der Waals surface area contributed by atoms with Gasteiger partial charge in [0.05, 0.1) is 12.2 Å². The van der Waals surface area contributed by atoms with E-state index in [0.29, 0.717) is 16.5 Å². The standard InChI is InChI=1S/C30H34O14/c1-13(2)10-18(32)42-25-20-16(8-6-15-7-9-17(31)41-24(15)20)40-27(25)30(5,44-19(33)11-14(3)4)12-39-29-23(36)21(34)22(35)26(43-29)28(37)38/h6-11,21-23,25-27,29,34-36H,12H2,1-5H3,(H,37,38). The quantitative estimate of drug-likeness (QED) is 0.177. The Labute approximate surface area is 251 Å². The van der Waals surface area contributed by atoms with E-state index in [1.54, 1.807) is 39.8 Å². The monoisotopic (exact) mass is 618 g/mol. The van der Waals surface area contributed by atoms with Gasteiger partial charge in [0.1, 0.15) is 29.6 Å². The molecule has 0 amide bonds. The number of hydrogen-bond donors (Lipinski definition) is 4. The van der Waals surface area contributed by atoms with E-state index in [4.69, 9.17) is 28.1 Å². The summed E-state index contributed by atoms with van der Waals surface area (Å²) in [6.07, 6.45) is -9.84. The van der Waals surface area contributed by atoms with Crippen LogP contribution in [-0.2, 0) is 33.3 Å². The maximum absolute atomic E-state index is 13.0. The first-order chi connectivity index (χ1) is 20.6. The van der Waals surface area contributed by atoms with Gasteiger partial charge in [-0.1, -0.05) is 11.1 Å². The first kappa shape index (κ1) is 32.8. The highest BCUT2D eigenvalue weighted by molar-refractivity contribution is 5.86. The summed E-state index contributed by atoms with van der Waals surface area (Å²) >= 11 is 0. The Hall–Kier alpha value is -4.08. The summed E-state index contributed by atoms with van der Waals surface area (Å²) in [5.41, 5.74) is -1.10. The molecule has 44 heavy (non-hydrogen) atoms. The topological polar surface area (TPSA) is 208 Å². The van der Waals surface area contributed by atoms with Gasteiger partial charge in [-0.3, -0.25) is 0 Å². The average molecular weight is 619 g/mol. The van der Waals surface area contributed by atoms with Crippen molar-refractivity contribution in [3.8, 4) is 5.75 Å². The molecule has 4 rings (SSSR count). The van der Waals surface area contributed by atoms with Crippen LogP contribution < -0.4 is 10.4 Å². The molecule has 3 heterocycles. The van der Waals surface area contributed by atoms with Crippen molar-refractivity contribution in [3.63, 3.8) is 0 Å². The van der Waals surface area contributed by atoms with Gasteiger partial charge < -0.3 is 48.5 Å². The second-order valence-corrected chi connectivity index (χ2v) is 11.3. The van der Waals surface area contributed by atoms with Crippen molar-refractivity contribution in [2.75, 3.05) is 6.61 Å². The van der Waals surface area contributed by atoms with E-state index < -0.39 is 78.7 Å². The average Bonchev–Trinajstić information content (AvgIpc) is 3.29. The van der Waals surface area contributed by atoms with Gasteiger partial charge in [0.25, 0.3) is 0 Å². The summed E-state index contributed by atoms with van der Waals surface area (Å²) in [6.45, 7) is 7.38. The third-order valence-corrected chi connectivity index (χ3v) is 6.94. The minimum absolute atomic E-state index is 0.0684. The van der Waals surface area contributed by atoms with Crippen molar-refractivity contribution >= 4 is 28.9 Å². The van der Waals surface area contributed by atoms with Crippen LogP contribution in [0.4, 0.5) is 0 Å². The number of esters is 2. The number of carboxylic acid groups (broad SMARTS) is 1. The smallest absolute Gasteiger partial charge is 0.336 e. The molecule has 0 spiro atoms. The number of carboxylic acids is 1. The van der Waals surface area contributed by atoms with E-state index in [0.717, 1.165) is 0 Å². The molecule has 0 bridgehead atoms. The van der Waals surface area contributed by atoms with Gasteiger partial charge in [0, 0.05) is 23.6 Å². The fraction of sp³-hybridized carbons (Fsp3) is 0.467. The van der Waals surface area contributed by atoms with Crippen LogP contribution in [0.1, 0.15) is 46.3 Å².